The molecule has 0 fully saturated rings. The van der Waals surface area contributed by atoms with Crippen LogP contribution < -0.4 is 10.6 Å². The molecule has 1 atom stereocenters. The molecule has 1 aromatic heterocycles. The first-order valence-corrected chi connectivity index (χ1v) is 7.39. The van der Waals surface area contributed by atoms with Crippen molar-refractivity contribution in [3.8, 4) is 0 Å². The van der Waals surface area contributed by atoms with Crippen LogP contribution in [-0.2, 0) is 12.7 Å². The van der Waals surface area contributed by atoms with Crippen molar-refractivity contribution in [2.45, 2.75) is 39.0 Å². The first kappa shape index (κ1) is 17.1. The molecule has 1 heterocycles. The second-order valence-corrected chi connectivity index (χ2v) is 5.25. The van der Waals surface area contributed by atoms with Gasteiger partial charge in [0.05, 0.1) is 0 Å². The van der Waals surface area contributed by atoms with E-state index >= 15 is 0 Å². The monoisotopic (exact) mass is 324 g/mol. The molecule has 124 valence electrons. The quantitative estimate of drug-likeness (QED) is 0.831. The average molecular weight is 324 g/mol. The van der Waals surface area contributed by atoms with Gasteiger partial charge in [-0.2, -0.15) is 18.2 Å². The number of hydrogen-bond acceptors (Lipinski definition) is 4. The molecule has 0 saturated heterocycles. The number of anilines is 2. The van der Waals surface area contributed by atoms with Crippen LogP contribution in [0.25, 0.3) is 0 Å². The topological polar surface area (TPSA) is 49.8 Å². The molecule has 0 aliphatic heterocycles. The maximum atomic E-state index is 13.0. The molecule has 0 bridgehead atoms. The van der Waals surface area contributed by atoms with Gasteiger partial charge in [-0.15, -0.1) is 0 Å². The molecule has 4 nitrogen and oxygen atoms in total. The van der Waals surface area contributed by atoms with Gasteiger partial charge in [0.25, 0.3) is 0 Å². The van der Waals surface area contributed by atoms with Gasteiger partial charge in [0.2, 0.25) is 5.95 Å². The molecular weight excluding hydrogens is 305 g/mol. The minimum atomic E-state index is -4.52. The number of halogens is 3. The zero-order valence-electron chi connectivity index (χ0n) is 13.0. The van der Waals surface area contributed by atoms with Gasteiger partial charge >= 0.3 is 6.18 Å². The van der Waals surface area contributed by atoms with E-state index in [1.54, 1.807) is 0 Å². The molecule has 0 aliphatic rings. The Balaban J connectivity index is 2.21. The fourth-order valence-corrected chi connectivity index (χ4v) is 1.86. The molecule has 0 spiro atoms. The van der Waals surface area contributed by atoms with Gasteiger partial charge in [-0.05, 0) is 18.9 Å². The van der Waals surface area contributed by atoms with Gasteiger partial charge in [0, 0.05) is 18.7 Å². The van der Waals surface area contributed by atoms with E-state index in [0.29, 0.717) is 6.54 Å². The fourth-order valence-electron chi connectivity index (χ4n) is 1.86. The summed E-state index contributed by atoms with van der Waals surface area (Å²) < 4.78 is 39.0. The van der Waals surface area contributed by atoms with E-state index in [-0.39, 0.29) is 17.8 Å². The Morgan fingerprint density at radius 1 is 1.13 bits per heavy atom. The third-order valence-electron chi connectivity index (χ3n) is 3.32. The van der Waals surface area contributed by atoms with E-state index in [2.05, 4.69) is 20.6 Å². The zero-order valence-corrected chi connectivity index (χ0v) is 13.0. The lowest BCUT2D eigenvalue weighted by Gasteiger charge is -2.15. The second-order valence-electron chi connectivity index (χ2n) is 5.25. The number of alkyl halides is 3. The standard InChI is InChI=1S/C16H19F3N4/c1-3-11(2)21-15-22-13(16(17,18)19)9-14(23-15)20-10-12-7-5-4-6-8-12/h4-9,11H,3,10H2,1-2H3,(H2,20,21,22,23)/t11-/m1/s1. The highest BCUT2D eigenvalue weighted by Crippen LogP contribution is 2.29. The summed E-state index contributed by atoms with van der Waals surface area (Å²) in [5, 5.41) is 5.79. The van der Waals surface area contributed by atoms with Crippen molar-refractivity contribution in [1.29, 1.82) is 0 Å². The van der Waals surface area contributed by atoms with Gasteiger partial charge < -0.3 is 10.6 Å². The fraction of sp³-hybridized carbons (Fsp3) is 0.375. The molecule has 0 radical (unpaired) electrons. The molecule has 0 saturated carbocycles. The molecule has 7 heteroatoms. The normalized spacial score (nSPS) is 12.7. The summed E-state index contributed by atoms with van der Waals surface area (Å²) in [5.41, 5.74) is -0.00929. The molecule has 2 aromatic rings. The first-order valence-electron chi connectivity index (χ1n) is 7.39. The maximum Gasteiger partial charge on any atom is 0.433 e. The Bertz CT molecular complexity index is 629. The van der Waals surface area contributed by atoms with Crippen LogP contribution in [0, 0.1) is 0 Å². The minimum Gasteiger partial charge on any atom is -0.366 e. The molecular formula is C16H19F3N4. The summed E-state index contributed by atoms with van der Waals surface area (Å²) in [5.74, 6) is 0.117. The van der Waals surface area contributed by atoms with Gasteiger partial charge in [0.15, 0.2) is 5.69 Å². The van der Waals surface area contributed by atoms with Crippen LogP contribution >= 0.6 is 0 Å². The van der Waals surface area contributed by atoms with E-state index in [1.807, 2.05) is 44.2 Å². The summed E-state index contributed by atoms with van der Waals surface area (Å²) in [6.07, 6.45) is -3.76. The predicted octanol–water partition coefficient (Wildman–Crippen LogP) is 4.32. The molecule has 23 heavy (non-hydrogen) atoms. The van der Waals surface area contributed by atoms with Crippen molar-refractivity contribution in [3.63, 3.8) is 0 Å². The van der Waals surface area contributed by atoms with E-state index in [9.17, 15) is 13.2 Å². The van der Waals surface area contributed by atoms with Crippen molar-refractivity contribution in [3.05, 3.63) is 47.7 Å². The maximum absolute atomic E-state index is 13.0. The lowest BCUT2D eigenvalue weighted by molar-refractivity contribution is -0.141. The minimum absolute atomic E-state index is 0.0135. The van der Waals surface area contributed by atoms with Crippen LogP contribution in [0.5, 0.6) is 0 Å². The first-order chi connectivity index (χ1) is 10.9. The van der Waals surface area contributed by atoms with Crippen LogP contribution in [-0.4, -0.2) is 16.0 Å². The Hall–Kier alpha value is -2.31. The van der Waals surface area contributed by atoms with Crippen molar-refractivity contribution in [2.75, 3.05) is 10.6 Å². The number of hydrogen-bond donors (Lipinski definition) is 2. The van der Waals surface area contributed by atoms with E-state index in [4.69, 9.17) is 0 Å². The summed E-state index contributed by atoms with van der Waals surface area (Å²) in [7, 11) is 0. The summed E-state index contributed by atoms with van der Waals surface area (Å²) in [6.45, 7) is 4.18. The summed E-state index contributed by atoms with van der Waals surface area (Å²) >= 11 is 0. The number of rotatable bonds is 6. The summed E-state index contributed by atoms with van der Waals surface area (Å²) in [6, 6.07) is 10.3. The molecule has 0 aliphatic carbocycles. The van der Waals surface area contributed by atoms with Gasteiger partial charge in [-0.3, -0.25) is 0 Å². The second kappa shape index (κ2) is 7.30. The highest BCUT2D eigenvalue weighted by molar-refractivity contribution is 5.44. The van der Waals surface area contributed by atoms with Crippen molar-refractivity contribution >= 4 is 11.8 Å². The number of benzene rings is 1. The molecule has 2 N–H and O–H groups in total. The van der Waals surface area contributed by atoms with Crippen molar-refractivity contribution in [1.82, 2.24) is 9.97 Å². The van der Waals surface area contributed by atoms with E-state index < -0.39 is 11.9 Å². The molecule has 0 unspecified atom stereocenters. The Morgan fingerprint density at radius 3 is 2.43 bits per heavy atom. The van der Waals surface area contributed by atoms with Crippen LogP contribution in [0.1, 0.15) is 31.5 Å². The SMILES string of the molecule is CC[C@@H](C)Nc1nc(NCc2ccccc2)cc(C(F)(F)F)n1. The lowest BCUT2D eigenvalue weighted by Crippen LogP contribution is -2.19. The van der Waals surface area contributed by atoms with Gasteiger partial charge in [-0.1, -0.05) is 37.3 Å². The van der Waals surface area contributed by atoms with Crippen LogP contribution in [0.2, 0.25) is 0 Å². The largest absolute Gasteiger partial charge is 0.433 e. The van der Waals surface area contributed by atoms with Crippen molar-refractivity contribution in [2.24, 2.45) is 0 Å². The Morgan fingerprint density at radius 2 is 1.83 bits per heavy atom. The number of nitrogens with zero attached hydrogens (tertiary/aromatic N) is 2. The van der Waals surface area contributed by atoms with Gasteiger partial charge in [-0.25, -0.2) is 4.98 Å². The number of aromatic nitrogens is 2. The van der Waals surface area contributed by atoms with E-state index in [1.165, 1.54) is 0 Å². The smallest absolute Gasteiger partial charge is 0.366 e. The summed E-state index contributed by atoms with van der Waals surface area (Å²) in [4.78, 5) is 7.68. The Labute approximate surface area is 133 Å². The van der Waals surface area contributed by atoms with Gasteiger partial charge in [0.1, 0.15) is 5.82 Å². The van der Waals surface area contributed by atoms with Crippen LogP contribution in [0.4, 0.5) is 24.9 Å². The zero-order chi connectivity index (χ0) is 16.9. The Kier molecular flexibility index (Phi) is 5.41. The highest BCUT2D eigenvalue weighted by atomic mass is 19.4. The lowest BCUT2D eigenvalue weighted by atomic mass is 10.2. The third kappa shape index (κ3) is 5.12. The van der Waals surface area contributed by atoms with Crippen LogP contribution in [0.15, 0.2) is 36.4 Å². The molecule has 1 aromatic carbocycles. The highest BCUT2D eigenvalue weighted by Gasteiger charge is 2.33. The predicted molar refractivity (Wildman–Crippen MR) is 84.2 cm³/mol. The van der Waals surface area contributed by atoms with E-state index in [0.717, 1.165) is 18.1 Å². The average Bonchev–Trinajstić information content (AvgIpc) is 2.53. The van der Waals surface area contributed by atoms with Crippen LogP contribution in [0.3, 0.4) is 0 Å². The van der Waals surface area contributed by atoms with Crippen molar-refractivity contribution < 1.29 is 13.2 Å². The number of nitrogens with one attached hydrogen (secondary N) is 2. The molecule has 2 rings (SSSR count). The molecule has 0 amide bonds. The third-order valence-corrected chi connectivity index (χ3v) is 3.32.